The fraction of sp³-hybridized carbons (Fsp3) is 0.870. The molecule has 1 unspecified atom stereocenters. The molecule has 5 rings (SSSR count). The van der Waals surface area contributed by atoms with Gasteiger partial charge in [-0.05, 0) is 85.4 Å². The van der Waals surface area contributed by atoms with E-state index in [-0.39, 0.29) is 67.2 Å². The standard InChI is InChI=1S/C46H72O16/c1-23(2)31(16-19-55-43-41(61-30(9)52)39(59-28(7)50)35(62-43)22-56-25(4)47)13-12-24(3)37-38(53)40(60-29(8)51)42-45(37,11)18-15-36-44(10)17-14-32(57-26(5)48)20-33(44)34(58-27(6)49)21-46(36,42)54/h23-24,31-43,53-54H,12-22H2,1-11H3/t24-,31?,32+,33-,34+,35+,36-,37+,38-,39+,40+,41-,42-,43-,44+,45-,46+/m1/s1. The first-order valence-electron chi connectivity index (χ1n) is 22.6. The molecule has 0 spiro atoms. The molecule has 62 heavy (non-hydrogen) atoms. The third kappa shape index (κ3) is 10.4. The lowest BCUT2D eigenvalue weighted by molar-refractivity contribution is -0.269. The lowest BCUT2D eigenvalue weighted by Crippen LogP contribution is -2.69. The van der Waals surface area contributed by atoms with Gasteiger partial charge in [-0.2, -0.15) is 0 Å². The predicted octanol–water partition coefficient (Wildman–Crippen LogP) is 4.99. The van der Waals surface area contributed by atoms with Gasteiger partial charge in [0.05, 0.1) is 18.3 Å². The summed E-state index contributed by atoms with van der Waals surface area (Å²) in [6.45, 7) is 18.4. The highest BCUT2D eigenvalue weighted by Gasteiger charge is 2.74. The second kappa shape index (κ2) is 19.8. The number of hydrogen-bond acceptors (Lipinski definition) is 16. The largest absolute Gasteiger partial charge is 0.463 e. The fourth-order valence-electron chi connectivity index (χ4n) is 13.1. The molecule has 5 fully saturated rings. The second-order valence-electron chi connectivity index (χ2n) is 19.8. The molecule has 17 atom stereocenters. The van der Waals surface area contributed by atoms with E-state index in [1.165, 1.54) is 41.5 Å². The Morgan fingerprint density at radius 3 is 1.87 bits per heavy atom. The zero-order valence-electron chi connectivity index (χ0n) is 38.5. The van der Waals surface area contributed by atoms with Crippen LogP contribution in [0.1, 0.15) is 134 Å². The highest BCUT2D eigenvalue weighted by molar-refractivity contribution is 5.68. The highest BCUT2D eigenvalue weighted by Crippen LogP contribution is 2.70. The number of ether oxygens (including phenoxy) is 8. The maximum atomic E-state index is 13.3. The normalized spacial score (nSPS) is 39.6. The SMILES string of the molecule is CC(=O)OC[C@@H]1O[C@@H](OCCC(CC[C@@H](C)[C@H]2[C@@H](O)[C@H](OC(C)=O)[C@@H]3[C@]2(C)CC[C@@H]2[C@@]4(C)CC[C@H](OC(C)=O)C[C@@H]4[C@@H](OC(C)=O)C[C@]23O)C(C)C)[C@H](OC(C)=O)[C@H]1OC(C)=O. The van der Waals surface area contributed by atoms with Gasteiger partial charge < -0.3 is 48.1 Å². The molecule has 5 aliphatic rings. The summed E-state index contributed by atoms with van der Waals surface area (Å²) in [7, 11) is 0. The first kappa shape index (κ1) is 49.7. The van der Waals surface area contributed by atoms with E-state index in [0.29, 0.717) is 44.9 Å². The van der Waals surface area contributed by atoms with Gasteiger partial charge in [0.1, 0.15) is 31.0 Å². The van der Waals surface area contributed by atoms with E-state index in [9.17, 15) is 39.0 Å². The fourth-order valence-corrected chi connectivity index (χ4v) is 13.1. The van der Waals surface area contributed by atoms with Crippen LogP contribution in [0, 0.1) is 52.3 Å². The van der Waals surface area contributed by atoms with Crippen molar-refractivity contribution < 1.29 is 76.9 Å². The Morgan fingerprint density at radius 2 is 1.29 bits per heavy atom. The predicted molar refractivity (Wildman–Crippen MR) is 219 cm³/mol. The van der Waals surface area contributed by atoms with Crippen molar-refractivity contribution in [3.05, 3.63) is 0 Å². The van der Waals surface area contributed by atoms with Gasteiger partial charge in [0.15, 0.2) is 18.5 Å². The highest BCUT2D eigenvalue weighted by atomic mass is 16.7. The van der Waals surface area contributed by atoms with Gasteiger partial charge >= 0.3 is 35.8 Å². The summed E-state index contributed by atoms with van der Waals surface area (Å²) < 4.78 is 46.0. The summed E-state index contributed by atoms with van der Waals surface area (Å²) in [4.78, 5) is 73.0. The van der Waals surface area contributed by atoms with Gasteiger partial charge in [0.25, 0.3) is 0 Å². The van der Waals surface area contributed by atoms with Crippen molar-refractivity contribution >= 4 is 35.8 Å². The molecule has 4 saturated carbocycles. The van der Waals surface area contributed by atoms with E-state index in [1.807, 2.05) is 0 Å². The molecule has 0 radical (unpaired) electrons. The summed E-state index contributed by atoms with van der Waals surface area (Å²) >= 11 is 0. The molecule has 0 aromatic heterocycles. The van der Waals surface area contributed by atoms with Gasteiger partial charge in [-0.1, -0.05) is 41.0 Å². The van der Waals surface area contributed by atoms with Gasteiger partial charge in [0.2, 0.25) is 0 Å². The summed E-state index contributed by atoms with van der Waals surface area (Å²) in [5, 5.41) is 25.7. The van der Waals surface area contributed by atoms with E-state index in [0.717, 1.165) is 6.42 Å². The molecule has 1 aliphatic heterocycles. The minimum Gasteiger partial charge on any atom is -0.463 e. The Kier molecular flexibility index (Phi) is 15.9. The summed E-state index contributed by atoms with van der Waals surface area (Å²) in [6, 6.07) is 0. The van der Waals surface area contributed by atoms with Crippen LogP contribution in [0.5, 0.6) is 0 Å². The molecule has 0 bridgehead atoms. The second-order valence-corrected chi connectivity index (χ2v) is 19.8. The monoisotopic (exact) mass is 880 g/mol. The van der Waals surface area contributed by atoms with Crippen molar-refractivity contribution in [2.24, 2.45) is 52.3 Å². The van der Waals surface area contributed by atoms with E-state index >= 15 is 0 Å². The Morgan fingerprint density at radius 1 is 0.710 bits per heavy atom. The lowest BCUT2D eigenvalue weighted by atomic mass is 9.41. The van der Waals surface area contributed by atoms with Crippen molar-refractivity contribution in [3.8, 4) is 0 Å². The molecule has 352 valence electrons. The van der Waals surface area contributed by atoms with Gasteiger partial charge in [-0.15, -0.1) is 0 Å². The van der Waals surface area contributed by atoms with Crippen LogP contribution in [0.15, 0.2) is 0 Å². The Labute approximate surface area is 366 Å². The van der Waals surface area contributed by atoms with Crippen LogP contribution in [-0.4, -0.2) is 114 Å². The Balaban J connectivity index is 1.33. The topological polar surface area (TPSA) is 217 Å². The lowest BCUT2D eigenvalue weighted by Gasteiger charge is -2.66. The Hall–Kier alpha value is -3.34. The van der Waals surface area contributed by atoms with Crippen molar-refractivity contribution in [2.45, 2.75) is 189 Å². The van der Waals surface area contributed by atoms with Crippen LogP contribution in [0.3, 0.4) is 0 Å². The number of fused-ring (bicyclic) bond motifs is 5. The average molecular weight is 881 g/mol. The summed E-state index contributed by atoms with van der Waals surface area (Å²) in [5.41, 5.74) is -2.58. The average Bonchev–Trinajstić information content (AvgIpc) is 3.56. The van der Waals surface area contributed by atoms with E-state index in [4.69, 9.17) is 37.9 Å². The van der Waals surface area contributed by atoms with Crippen molar-refractivity contribution in [3.63, 3.8) is 0 Å². The smallest absolute Gasteiger partial charge is 0.303 e. The van der Waals surface area contributed by atoms with Crippen molar-refractivity contribution in [1.82, 2.24) is 0 Å². The van der Waals surface area contributed by atoms with Crippen molar-refractivity contribution in [2.75, 3.05) is 13.2 Å². The zero-order chi connectivity index (χ0) is 46.1. The quantitative estimate of drug-likeness (QED) is 0.154. The molecular weight excluding hydrogens is 808 g/mol. The van der Waals surface area contributed by atoms with Gasteiger partial charge in [0, 0.05) is 59.8 Å². The molecule has 16 heteroatoms. The maximum Gasteiger partial charge on any atom is 0.303 e. The van der Waals surface area contributed by atoms with E-state index < -0.39 is 95.1 Å². The number of rotatable bonds is 16. The molecule has 4 aliphatic carbocycles. The number of carbonyl (C=O) groups is 6. The molecule has 0 amide bonds. The number of esters is 6. The van der Waals surface area contributed by atoms with Crippen LogP contribution in [0.25, 0.3) is 0 Å². The Bertz CT molecular complexity index is 1650. The molecule has 0 aromatic rings. The van der Waals surface area contributed by atoms with Crippen LogP contribution in [0.2, 0.25) is 0 Å². The minimum atomic E-state index is -1.45. The molecule has 1 heterocycles. The maximum absolute atomic E-state index is 13.3. The number of hydrogen-bond donors (Lipinski definition) is 2. The zero-order valence-corrected chi connectivity index (χ0v) is 38.5. The molecule has 1 saturated heterocycles. The summed E-state index contributed by atoms with van der Waals surface area (Å²) in [5.74, 6) is -4.27. The summed E-state index contributed by atoms with van der Waals surface area (Å²) in [6.07, 6.45) is -1.89. The van der Waals surface area contributed by atoms with Crippen molar-refractivity contribution in [1.29, 1.82) is 0 Å². The number of aliphatic hydroxyl groups is 2. The van der Waals surface area contributed by atoms with Crippen LogP contribution in [-0.2, 0) is 66.7 Å². The van der Waals surface area contributed by atoms with Gasteiger partial charge in [-0.3, -0.25) is 28.8 Å². The third-order valence-electron chi connectivity index (χ3n) is 15.4. The number of carbonyl (C=O) groups excluding carboxylic acids is 6. The first-order chi connectivity index (χ1) is 28.9. The number of aliphatic hydroxyl groups excluding tert-OH is 1. The van der Waals surface area contributed by atoms with Crippen LogP contribution >= 0.6 is 0 Å². The van der Waals surface area contributed by atoms with Crippen LogP contribution in [0.4, 0.5) is 0 Å². The third-order valence-corrected chi connectivity index (χ3v) is 15.4. The molecule has 2 N–H and O–H groups in total. The molecule has 0 aromatic carbocycles. The van der Waals surface area contributed by atoms with Gasteiger partial charge in [-0.25, -0.2) is 0 Å². The van der Waals surface area contributed by atoms with E-state index in [1.54, 1.807) is 0 Å². The molecular formula is C46H72O16. The minimum absolute atomic E-state index is 0.0613. The first-order valence-corrected chi connectivity index (χ1v) is 22.6. The molecule has 16 nitrogen and oxygen atoms in total. The van der Waals surface area contributed by atoms with Crippen LogP contribution < -0.4 is 0 Å². The van der Waals surface area contributed by atoms with E-state index in [2.05, 4.69) is 34.6 Å².